The van der Waals surface area contributed by atoms with Gasteiger partial charge in [-0.25, -0.2) is 0 Å². The summed E-state index contributed by atoms with van der Waals surface area (Å²) in [6.07, 6.45) is -4.38. The molecule has 1 amide bonds. The Labute approximate surface area is 160 Å². The van der Waals surface area contributed by atoms with E-state index in [0.717, 1.165) is 4.68 Å². The molecule has 0 radical (unpaired) electrons. The van der Waals surface area contributed by atoms with Crippen molar-refractivity contribution in [3.8, 4) is 5.75 Å². The van der Waals surface area contributed by atoms with E-state index >= 15 is 0 Å². The smallest absolute Gasteiger partial charge is 0.408 e. The minimum absolute atomic E-state index is 0.203. The molecule has 1 fully saturated rings. The number of carbonyl (C=O) groups is 1. The standard InChI is InChI=1S/C19H22F3N3O3/c1-12-17(13(2)25(23-12)11-19(20,21)22)16-10-28-8-7-24(16)18(26)14-5-4-6-15(9-14)27-3/h4-6,9,16H,7-8,10-11H2,1-3H3. The molecule has 1 aromatic carbocycles. The molecule has 0 saturated carbocycles. The molecular formula is C19H22F3N3O3. The summed E-state index contributed by atoms with van der Waals surface area (Å²) in [5.74, 6) is 0.329. The summed E-state index contributed by atoms with van der Waals surface area (Å²) < 4.78 is 50.2. The summed E-state index contributed by atoms with van der Waals surface area (Å²) in [7, 11) is 1.52. The second kappa shape index (κ2) is 7.83. The quantitative estimate of drug-likeness (QED) is 0.795. The van der Waals surface area contributed by atoms with Crippen LogP contribution < -0.4 is 4.74 Å². The number of amides is 1. The largest absolute Gasteiger partial charge is 0.497 e. The highest BCUT2D eigenvalue weighted by Gasteiger charge is 2.35. The Bertz CT molecular complexity index is 864. The van der Waals surface area contributed by atoms with E-state index in [-0.39, 0.29) is 12.5 Å². The number of benzene rings is 1. The molecule has 0 bridgehead atoms. The van der Waals surface area contributed by atoms with Crippen molar-refractivity contribution < 1.29 is 27.4 Å². The zero-order valence-electron chi connectivity index (χ0n) is 15.9. The van der Waals surface area contributed by atoms with Gasteiger partial charge in [0, 0.05) is 23.4 Å². The highest BCUT2D eigenvalue weighted by molar-refractivity contribution is 5.95. The minimum atomic E-state index is -4.38. The number of alkyl halides is 3. The van der Waals surface area contributed by atoms with Crippen molar-refractivity contribution in [1.29, 1.82) is 0 Å². The molecule has 2 aromatic rings. The molecule has 0 N–H and O–H groups in total. The van der Waals surface area contributed by atoms with Crippen molar-refractivity contribution in [1.82, 2.24) is 14.7 Å². The molecule has 3 rings (SSSR count). The summed E-state index contributed by atoms with van der Waals surface area (Å²) in [4.78, 5) is 14.7. The monoisotopic (exact) mass is 397 g/mol. The van der Waals surface area contributed by atoms with Gasteiger partial charge in [-0.15, -0.1) is 0 Å². The maximum absolute atomic E-state index is 13.1. The number of methoxy groups -OCH3 is 1. The third kappa shape index (κ3) is 4.14. The van der Waals surface area contributed by atoms with Crippen molar-refractivity contribution in [2.75, 3.05) is 26.9 Å². The van der Waals surface area contributed by atoms with E-state index in [2.05, 4.69) is 5.10 Å². The Hall–Kier alpha value is -2.55. The first-order chi connectivity index (χ1) is 13.2. The summed E-state index contributed by atoms with van der Waals surface area (Å²) in [6, 6.07) is 6.28. The minimum Gasteiger partial charge on any atom is -0.497 e. The van der Waals surface area contributed by atoms with E-state index in [9.17, 15) is 18.0 Å². The first-order valence-electron chi connectivity index (χ1n) is 8.84. The van der Waals surface area contributed by atoms with Crippen LogP contribution in [0.25, 0.3) is 0 Å². The molecule has 28 heavy (non-hydrogen) atoms. The Kier molecular flexibility index (Phi) is 5.64. The van der Waals surface area contributed by atoms with Crippen LogP contribution in [-0.2, 0) is 11.3 Å². The van der Waals surface area contributed by atoms with Crippen LogP contribution in [0.4, 0.5) is 13.2 Å². The maximum atomic E-state index is 13.1. The van der Waals surface area contributed by atoms with E-state index in [1.807, 2.05) is 0 Å². The van der Waals surface area contributed by atoms with Crippen LogP contribution in [0.15, 0.2) is 24.3 Å². The van der Waals surface area contributed by atoms with Gasteiger partial charge in [0.2, 0.25) is 0 Å². The summed E-state index contributed by atoms with van der Waals surface area (Å²) in [5, 5.41) is 4.05. The molecule has 152 valence electrons. The zero-order chi connectivity index (χ0) is 20.5. The van der Waals surface area contributed by atoms with Gasteiger partial charge >= 0.3 is 6.18 Å². The number of morpholine rings is 1. The average Bonchev–Trinajstić information content (AvgIpc) is 2.92. The van der Waals surface area contributed by atoms with Crippen molar-refractivity contribution in [2.24, 2.45) is 0 Å². The van der Waals surface area contributed by atoms with Gasteiger partial charge in [-0.05, 0) is 32.0 Å². The molecule has 1 aromatic heterocycles. The molecule has 1 saturated heterocycles. The van der Waals surface area contributed by atoms with Crippen LogP contribution in [0.2, 0.25) is 0 Å². The van der Waals surface area contributed by atoms with Crippen LogP contribution in [0.5, 0.6) is 5.75 Å². The number of hydrogen-bond donors (Lipinski definition) is 0. The van der Waals surface area contributed by atoms with Gasteiger partial charge < -0.3 is 14.4 Å². The first kappa shape index (κ1) is 20.2. The van der Waals surface area contributed by atoms with Gasteiger partial charge in [-0.2, -0.15) is 18.3 Å². The summed E-state index contributed by atoms with van der Waals surface area (Å²) >= 11 is 0. The number of hydrogen-bond acceptors (Lipinski definition) is 4. The number of ether oxygens (including phenoxy) is 2. The fourth-order valence-electron chi connectivity index (χ4n) is 3.52. The van der Waals surface area contributed by atoms with Gasteiger partial charge in [0.1, 0.15) is 12.3 Å². The Morgan fingerprint density at radius 1 is 1.36 bits per heavy atom. The second-order valence-corrected chi connectivity index (χ2v) is 6.68. The van der Waals surface area contributed by atoms with Gasteiger partial charge in [0.15, 0.2) is 0 Å². The van der Waals surface area contributed by atoms with Gasteiger partial charge in [-0.1, -0.05) is 6.07 Å². The second-order valence-electron chi connectivity index (χ2n) is 6.68. The van der Waals surface area contributed by atoms with Gasteiger partial charge in [0.05, 0.1) is 32.1 Å². The lowest BCUT2D eigenvalue weighted by atomic mass is 10.0. The van der Waals surface area contributed by atoms with Crippen LogP contribution in [-0.4, -0.2) is 53.6 Å². The van der Waals surface area contributed by atoms with Crippen molar-refractivity contribution >= 4 is 5.91 Å². The van der Waals surface area contributed by atoms with Gasteiger partial charge in [-0.3, -0.25) is 9.48 Å². The predicted molar refractivity (Wildman–Crippen MR) is 95.3 cm³/mol. The Balaban J connectivity index is 1.95. The fraction of sp³-hybridized carbons (Fsp3) is 0.474. The van der Waals surface area contributed by atoms with Crippen LogP contribution >= 0.6 is 0 Å². The van der Waals surface area contributed by atoms with Crippen molar-refractivity contribution in [3.63, 3.8) is 0 Å². The third-order valence-electron chi connectivity index (χ3n) is 4.81. The molecule has 9 heteroatoms. The van der Waals surface area contributed by atoms with E-state index in [1.54, 1.807) is 43.0 Å². The Morgan fingerprint density at radius 2 is 2.11 bits per heavy atom. The molecule has 1 aliphatic heterocycles. The highest BCUT2D eigenvalue weighted by Crippen LogP contribution is 2.32. The number of halogens is 3. The van der Waals surface area contributed by atoms with E-state index in [0.29, 0.717) is 41.4 Å². The number of rotatable bonds is 4. The SMILES string of the molecule is COc1cccc(C(=O)N2CCOCC2c2c(C)nn(CC(F)(F)F)c2C)c1. The lowest BCUT2D eigenvalue weighted by Gasteiger charge is -2.36. The van der Waals surface area contributed by atoms with Crippen LogP contribution in [0.3, 0.4) is 0 Å². The fourth-order valence-corrected chi connectivity index (χ4v) is 3.52. The molecule has 1 unspecified atom stereocenters. The molecule has 0 spiro atoms. The van der Waals surface area contributed by atoms with E-state index < -0.39 is 18.8 Å². The Morgan fingerprint density at radius 3 is 2.79 bits per heavy atom. The summed E-state index contributed by atoms with van der Waals surface area (Å²) in [6.45, 7) is 2.97. The van der Waals surface area contributed by atoms with Crippen molar-refractivity contribution in [3.05, 3.63) is 46.8 Å². The number of carbonyl (C=O) groups excluding carboxylic acids is 1. The van der Waals surface area contributed by atoms with Crippen LogP contribution in [0, 0.1) is 13.8 Å². The molecule has 2 heterocycles. The molecule has 0 aliphatic carbocycles. The number of aryl methyl sites for hydroxylation is 1. The predicted octanol–water partition coefficient (Wildman–Crippen LogP) is 3.28. The van der Waals surface area contributed by atoms with E-state index in [1.165, 1.54) is 7.11 Å². The molecule has 1 aliphatic rings. The van der Waals surface area contributed by atoms with Gasteiger partial charge in [0.25, 0.3) is 5.91 Å². The maximum Gasteiger partial charge on any atom is 0.408 e. The lowest BCUT2D eigenvalue weighted by Crippen LogP contribution is -2.43. The number of nitrogens with zero attached hydrogens (tertiary/aromatic N) is 3. The topological polar surface area (TPSA) is 56.6 Å². The molecular weight excluding hydrogens is 375 g/mol. The highest BCUT2D eigenvalue weighted by atomic mass is 19.4. The van der Waals surface area contributed by atoms with Crippen molar-refractivity contribution in [2.45, 2.75) is 32.6 Å². The zero-order valence-corrected chi connectivity index (χ0v) is 15.9. The van der Waals surface area contributed by atoms with E-state index in [4.69, 9.17) is 9.47 Å². The normalized spacial score (nSPS) is 17.6. The summed E-state index contributed by atoms with van der Waals surface area (Å²) in [5.41, 5.74) is 1.89. The number of aromatic nitrogens is 2. The first-order valence-corrected chi connectivity index (χ1v) is 8.84. The van der Waals surface area contributed by atoms with Crippen LogP contribution in [0.1, 0.15) is 33.4 Å². The third-order valence-corrected chi connectivity index (χ3v) is 4.81. The molecule has 6 nitrogen and oxygen atoms in total. The average molecular weight is 397 g/mol. The molecule has 1 atom stereocenters. The lowest BCUT2D eigenvalue weighted by molar-refractivity contribution is -0.143.